The lowest BCUT2D eigenvalue weighted by Gasteiger charge is -2.28. The van der Waals surface area contributed by atoms with Gasteiger partial charge in [0.1, 0.15) is 5.82 Å². The molecule has 0 aromatic heterocycles. The predicted octanol–water partition coefficient (Wildman–Crippen LogP) is 3.79. The van der Waals surface area contributed by atoms with Gasteiger partial charge in [-0.2, -0.15) is 4.99 Å². The van der Waals surface area contributed by atoms with Crippen molar-refractivity contribution < 1.29 is 17.6 Å². The van der Waals surface area contributed by atoms with Crippen molar-refractivity contribution in [1.82, 2.24) is 0 Å². The minimum Gasteiger partial charge on any atom is -0.315 e. The van der Waals surface area contributed by atoms with E-state index in [0.717, 1.165) is 11.3 Å². The standard InChI is InChI=1S/C22H23FN2O3S2/c1-14(2)17-5-3-4-6-18(17)25-19-12-30(27,28)13-20(19)29-22(25)24-21(26)11-15-7-9-16(23)10-8-15/h3-10,14,19-20H,11-13H2,1-2H3. The Kier molecular flexibility index (Phi) is 5.72. The van der Waals surface area contributed by atoms with Crippen LogP contribution in [0, 0.1) is 5.82 Å². The predicted molar refractivity (Wildman–Crippen MR) is 119 cm³/mol. The molecule has 4 rings (SSSR count). The number of thioether (sulfide) groups is 1. The number of fused-ring (bicyclic) bond motifs is 1. The van der Waals surface area contributed by atoms with Crippen molar-refractivity contribution in [2.45, 2.75) is 37.5 Å². The Balaban J connectivity index is 1.69. The molecule has 2 heterocycles. The molecule has 8 heteroatoms. The number of carbonyl (C=O) groups excluding carboxylic acids is 1. The molecule has 2 aliphatic heterocycles. The van der Waals surface area contributed by atoms with Gasteiger partial charge in [0.15, 0.2) is 15.0 Å². The molecular formula is C22H23FN2O3S2. The second-order valence-electron chi connectivity index (χ2n) is 7.98. The number of nitrogens with zero attached hydrogens (tertiary/aromatic N) is 2. The lowest BCUT2D eigenvalue weighted by Crippen LogP contribution is -2.38. The third kappa shape index (κ3) is 4.30. The second-order valence-corrected chi connectivity index (χ2v) is 11.3. The van der Waals surface area contributed by atoms with Gasteiger partial charge < -0.3 is 4.90 Å². The molecule has 2 aliphatic rings. The Labute approximate surface area is 180 Å². The van der Waals surface area contributed by atoms with Gasteiger partial charge in [0.2, 0.25) is 0 Å². The smallest absolute Gasteiger partial charge is 0.252 e. The molecular weight excluding hydrogens is 423 g/mol. The fraction of sp³-hybridized carbons (Fsp3) is 0.364. The first kappa shape index (κ1) is 21.1. The van der Waals surface area contributed by atoms with E-state index in [1.165, 1.54) is 23.9 Å². The lowest BCUT2D eigenvalue weighted by molar-refractivity contribution is -0.117. The van der Waals surface area contributed by atoms with Crippen LogP contribution in [0.3, 0.4) is 0 Å². The van der Waals surface area contributed by atoms with Crippen LogP contribution in [0.4, 0.5) is 10.1 Å². The molecule has 2 aromatic carbocycles. The quantitative estimate of drug-likeness (QED) is 0.715. The van der Waals surface area contributed by atoms with Crippen LogP contribution in [0.15, 0.2) is 53.5 Å². The summed E-state index contributed by atoms with van der Waals surface area (Å²) in [6, 6.07) is 13.4. The Bertz CT molecular complexity index is 1100. The van der Waals surface area contributed by atoms with Gasteiger partial charge in [0, 0.05) is 10.9 Å². The minimum absolute atomic E-state index is 0.0578. The van der Waals surface area contributed by atoms with E-state index in [-0.39, 0.29) is 46.9 Å². The summed E-state index contributed by atoms with van der Waals surface area (Å²) in [5.41, 5.74) is 2.67. The molecule has 0 spiro atoms. The third-order valence-corrected chi connectivity index (χ3v) is 8.58. The summed E-state index contributed by atoms with van der Waals surface area (Å²) in [5, 5.41) is 0.396. The van der Waals surface area contributed by atoms with Gasteiger partial charge in [0.05, 0.1) is 24.0 Å². The van der Waals surface area contributed by atoms with Gasteiger partial charge in [-0.25, -0.2) is 12.8 Å². The molecule has 0 N–H and O–H groups in total. The zero-order valence-corrected chi connectivity index (χ0v) is 18.4. The lowest BCUT2D eigenvalue weighted by atomic mass is 9.99. The topological polar surface area (TPSA) is 66.8 Å². The molecule has 2 fully saturated rings. The average Bonchev–Trinajstić information content (AvgIpc) is 3.14. The van der Waals surface area contributed by atoms with Crippen molar-refractivity contribution >= 4 is 38.4 Å². The maximum atomic E-state index is 13.1. The van der Waals surface area contributed by atoms with Crippen molar-refractivity contribution in [1.29, 1.82) is 0 Å². The monoisotopic (exact) mass is 446 g/mol. The number of sulfone groups is 1. The van der Waals surface area contributed by atoms with Crippen LogP contribution in [0.5, 0.6) is 0 Å². The van der Waals surface area contributed by atoms with Crippen molar-refractivity contribution in [2.75, 3.05) is 16.4 Å². The second kappa shape index (κ2) is 8.15. The maximum Gasteiger partial charge on any atom is 0.252 e. The molecule has 1 amide bonds. The average molecular weight is 447 g/mol. The van der Waals surface area contributed by atoms with E-state index in [4.69, 9.17) is 0 Å². The summed E-state index contributed by atoms with van der Waals surface area (Å²) in [6.07, 6.45) is 0.0671. The van der Waals surface area contributed by atoms with Crippen molar-refractivity contribution in [3.63, 3.8) is 0 Å². The third-order valence-electron chi connectivity index (χ3n) is 5.37. The molecule has 0 aliphatic carbocycles. The fourth-order valence-corrected chi connectivity index (χ4v) is 7.89. The Morgan fingerprint density at radius 2 is 1.87 bits per heavy atom. The fourth-order valence-electron chi connectivity index (χ4n) is 3.96. The van der Waals surface area contributed by atoms with Gasteiger partial charge in [0.25, 0.3) is 5.91 Å². The summed E-state index contributed by atoms with van der Waals surface area (Å²) in [5.74, 6) is -0.302. The van der Waals surface area contributed by atoms with Crippen LogP contribution in [0.25, 0.3) is 0 Å². The Hall–Kier alpha value is -2.19. The number of benzene rings is 2. The maximum absolute atomic E-state index is 13.1. The van der Waals surface area contributed by atoms with Crippen LogP contribution >= 0.6 is 11.8 Å². The first-order valence-corrected chi connectivity index (χ1v) is 12.5. The molecule has 0 bridgehead atoms. The number of hydrogen-bond donors (Lipinski definition) is 0. The number of para-hydroxylation sites is 1. The zero-order chi connectivity index (χ0) is 21.5. The molecule has 5 nitrogen and oxygen atoms in total. The zero-order valence-electron chi connectivity index (χ0n) is 16.8. The van der Waals surface area contributed by atoms with Crippen LogP contribution in [-0.2, 0) is 21.1 Å². The SMILES string of the molecule is CC(C)c1ccccc1N1C(=NC(=O)Cc2ccc(F)cc2)SC2CS(=O)(=O)CC21. The van der Waals surface area contributed by atoms with Crippen molar-refractivity contribution in [3.05, 3.63) is 65.5 Å². The van der Waals surface area contributed by atoms with Crippen molar-refractivity contribution in [2.24, 2.45) is 4.99 Å². The van der Waals surface area contributed by atoms with Gasteiger partial charge in [-0.3, -0.25) is 4.79 Å². The van der Waals surface area contributed by atoms with E-state index in [9.17, 15) is 17.6 Å². The summed E-state index contributed by atoms with van der Waals surface area (Å²) < 4.78 is 37.6. The van der Waals surface area contributed by atoms with Gasteiger partial charge >= 0.3 is 0 Å². The number of aliphatic imine (C=N–C) groups is 1. The van der Waals surface area contributed by atoms with Gasteiger partial charge in [-0.05, 0) is 35.2 Å². The Morgan fingerprint density at radius 1 is 1.17 bits per heavy atom. The summed E-state index contributed by atoms with van der Waals surface area (Å²) in [7, 11) is -3.12. The molecule has 0 saturated carbocycles. The van der Waals surface area contributed by atoms with Crippen LogP contribution in [-0.4, -0.2) is 42.3 Å². The van der Waals surface area contributed by atoms with Gasteiger partial charge in [-0.1, -0.05) is 55.9 Å². The molecule has 0 radical (unpaired) electrons. The largest absolute Gasteiger partial charge is 0.315 e. The minimum atomic E-state index is -3.12. The molecule has 2 unspecified atom stereocenters. The normalized spacial score (nSPS) is 23.9. The van der Waals surface area contributed by atoms with E-state index in [0.29, 0.717) is 10.7 Å². The van der Waals surface area contributed by atoms with Crippen LogP contribution in [0.1, 0.15) is 30.9 Å². The van der Waals surface area contributed by atoms with Gasteiger partial charge in [-0.15, -0.1) is 0 Å². The first-order valence-electron chi connectivity index (χ1n) is 9.85. The first-order chi connectivity index (χ1) is 14.2. The van der Waals surface area contributed by atoms with E-state index in [2.05, 4.69) is 18.8 Å². The molecule has 2 atom stereocenters. The van der Waals surface area contributed by atoms with E-state index in [1.54, 1.807) is 12.1 Å². The highest BCUT2D eigenvalue weighted by Crippen LogP contribution is 2.43. The van der Waals surface area contributed by atoms with E-state index >= 15 is 0 Å². The number of hydrogen-bond acceptors (Lipinski definition) is 4. The Morgan fingerprint density at radius 3 is 2.57 bits per heavy atom. The highest BCUT2D eigenvalue weighted by atomic mass is 32.2. The van der Waals surface area contributed by atoms with E-state index in [1.807, 2.05) is 29.2 Å². The summed E-state index contributed by atoms with van der Waals surface area (Å²) >= 11 is 1.36. The molecule has 2 aromatic rings. The van der Waals surface area contributed by atoms with Crippen LogP contribution < -0.4 is 4.90 Å². The number of amidine groups is 1. The van der Waals surface area contributed by atoms with Crippen LogP contribution in [0.2, 0.25) is 0 Å². The summed E-state index contributed by atoms with van der Waals surface area (Å²) in [4.78, 5) is 19.0. The van der Waals surface area contributed by atoms with E-state index < -0.39 is 9.84 Å². The number of amides is 1. The summed E-state index contributed by atoms with van der Waals surface area (Å²) in [6.45, 7) is 4.17. The molecule has 30 heavy (non-hydrogen) atoms. The number of halogens is 1. The highest BCUT2D eigenvalue weighted by Gasteiger charge is 2.49. The highest BCUT2D eigenvalue weighted by molar-refractivity contribution is 8.16. The van der Waals surface area contributed by atoms with Crippen molar-refractivity contribution in [3.8, 4) is 0 Å². The molecule has 158 valence electrons. The number of rotatable bonds is 4. The molecule has 2 saturated heterocycles. The number of anilines is 1. The number of carbonyl (C=O) groups is 1.